The van der Waals surface area contributed by atoms with Gasteiger partial charge in [-0.05, 0) is 24.5 Å². The van der Waals surface area contributed by atoms with Gasteiger partial charge in [-0.15, -0.1) is 6.58 Å². The van der Waals surface area contributed by atoms with Gasteiger partial charge in [0, 0.05) is 5.92 Å². The summed E-state index contributed by atoms with van der Waals surface area (Å²) in [5, 5.41) is 10.2. The van der Waals surface area contributed by atoms with E-state index < -0.39 is 0 Å². The highest BCUT2D eigenvalue weighted by Crippen LogP contribution is 2.33. The van der Waals surface area contributed by atoms with Gasteiger partial charge in [0.2, 0.25) is 0 Å². The van der Waals surface area contributed by atoms with Crippen LogP contribution in [0.3, 0.4) is 0 Å². The van der Waals surface area contributed by atoms with Gasteiger partial charge in [-0.3, -0.25) is 0 Å². The smallest absolute Gasteiger partial charge is 0.0680 e. The van der Waals surface area contributed by atoms with Crippen molar-refractivity contribution in [2.24, 2.45) is 5.92 Å². The summed E-state index contributed by atoms with van der Waals surface area (Å²) in [5.74, 6) is 0.0918. The van der Waals surface area contributed by atoms with Crippen LogP contribution in [-0.2, 0) is 0 Å². The lowest BCUT2D eigenvalue weighted by Gasteiger charge is -2.20. The summed E-state index contributed by atoms with van der Waals surface area (Å²) in [5.41, 5.74) is 3.40. The number of allylic oxidation sites excluding steroid dienone is 2. The van der Waals surface area contributed by atoms with E-state index in [9.17, 15) is 5.11 Å². The van der Waals surface area contributed by atoms with Gasteiger partial charge in [0.05, 0.1) is 6.10 Å². The molecule has 2 atom stereocenters. The molecule has 0 spiro atoms. The first-order valence-electron chi connectivity index (χ1n) is 5.94. The zero-order chi connectivity index (χ0) is 12.3. The maximum atomic E-state index is 10.2. The third kappa shape index (κ3) is 2.75. The molecule has 0 radical (unpaired) electrons. The number of hydrogen-bond acceptors (Lipinski definition) is 1. The monoisotopic (exact) mass is 226 g/mol. The van der Waals surface area contributed by atoms with Gasteiger partial charge in [-0.1, -0.05) is 54.1 Å². The number of rotatable bonds is 4. The largest absolute Gasteiger partial charge is 0.392 e. The molecule has 1 aromatic rings. The van der Waals surface area contributed by atoms with Crippen LogP contribution in [0.5, 0.6) is 0 Å². The first-order valence-corrected chi connectivity index (χ1v) is 5.94. The van der Waals surface area contributed by atoms with Crippen molar-refractivity contribution in [1.82, 2.24) is 0 Å². The highest BCUT2D eigenvalue weighted by atomic mass is 16.3. The second-order valence-electron chi connectivity index (χ2n) is 4.63. The molecule has 17 heavy (non-hydrogen) atoms. The lowest BCUT2D eigenvalue weighted by molar-refractivity contribution is 0.153. The first-order chi connectivity index (χ1) is 8.18. The zero-order valence-electron chi connectivity index (χ0n) is 10.1. The summed E-state index contributed by atoms with van der Waals surface area (Å²) in [4.78, 5) is 0. The molecule has 0 bridgehead atoms. The van der Waals surface area contributed by atoms with Gasteiger partial charge < -0.3 is 5.11 Å². The van der Waals surface area contributed by atoms with Crippen molar-refractivity contribution in [3.8, 4) is 0 Å². The minimum absolute atomic E-state index is 0.0918. The maximum Gasteiger partial charge on any atom is 0.0680 e. The highest BCUT2D eigenvalue weighted by Gasteiger charge is 2.23. The van der Waals surface area contributed by atoms with Crippen molar-refractivity contribution in [2.75, 3.05) is 0 Å². The summed E-state index contributed by atoms with van der Waals surface area (Å²) in [6.07, 6.45) is 6.45. The lowest BCUT2D eigenvalue weighted by Crippen LogP contribution is -2.18. The molecule has 0 amide bonds. The predicted octanol–water partition coefficient (Wildman–Crippen LogP) is 3.58. The van der Waals surface area contributed by atoms with Crippen molar-refractivity contribution < 1.29 is 5.11 Å². The first kappa shape index (κ1) is 11.9. The Morgan fingerprint density at radius 2 is 2.06 bits per heavy atom. The molecule has 1 aliphatic rings. The van der Waals surface area contributed by atoms with Crippen molar-refractivity contribution in [3.05, 3.63) is 66.3 Å². The van der Waals surface area contributed by atoms with E-state index in [0.717, 1.165) is 5.57 Å². The summed E-state index contributed by atoms with van der Waals surface area (Å²) in [6, 6.07) is 10.2. The molecule has 1 aromatic carbocycles. The van der Waals surface area contributed by atoms with Crippen LogP contribution < -0.4 is 0 Å². The fourth-order valence-electron chi connectivity index (χ4n) is 2.23. The van der Waals surface area contributed by atoms with E-state index in [-0.39, 0.29) is 12.0 Å². The standard InChI is InChI=1S/C16H18O/c1-12(2)11-16(17)15-10-6-9-14(15)13-7-4-3-5-8-13/h3-10,15-17H,1,11H2,2H3. The van der Waals surface area contributed by atoms with E-state index in [2.05, 4.69) is 30.9 Å². The topological polar surface area (TPSA) is 20.2 Å². The molecule has 0 saturated heterocycles. The number of hydrogen-bond donors (Lipinski definition) is 1. The third-order valence-corrected chi connectivity index (χ3v) is 3.03. The maximum absolute atomic E-state index is 10.2. The van der Waals surface area contributed by atoms with Crippen molar-refractivity contribution >= 4 is 5.57 Å². The molecule has 0 saturated carbocycles. The van der Waals surface area contributed by atoms with Crippen LogP contribution in [0.1, 0.15) is 18.9 Å². The Hall–Kier alpha value is -1.60. The van der Waals surface area contributed by atoms with Crippen LogP contribution in [0.15, 0.2) is 60.7 Å². The predicted molar refractivity (Wildman–Crippen MR) is 72.5 cm³/mol. The molecule has 0 aliphatic heterocycles. The quantitative estimate of drug-likeness (QED) is 0.778. The zero-order valence-corrected chi connectivity index (χ0v) is 10.1. The van der Waals surface area contributed by atoms with E-state index in [1.54, 1.807) is 0 Å². The Morgan fingerprint density at radius 1 is 1.35 bits per heavy atom. The van der Waals surface area contributed by atoms with Gasteiger partial charge in [0.25, 0.3) is 0 Å². The van der Waals surface area contributed by atoms with Crippen molar-refractivity contribution in [3.63, 3.8) is 0 Å². The van der Waals surface area contributed by atoms with Crippen LogP contribution in [0, 0.1) is 5.92 Å². The molecule has 1 aliphatic carbocycles. The Morgan fingerprint density at radius 3 is 2.71 bits per heavy atom. The molecular formula is C16H18O. The van der Waals surface area contributed by atoms with E-state index in [0.29, 0.717) is 6.42 Å². The Labute approximate surface area is 103 Å². The van der Waals surface area contributed by atoms with Crippen LogP contribution in [0.2, 0.25) is 0 Å². The van der Waals surface area contributed by atoms with Gasteiger partial charge in [0.15, 0.2) is 0 Å². The third-order valence-electron chi connectivity index (χ3n) is 3.03. The fourth-order valence-corrected chi connectivity index (χ4v) is 2.23. The van der Waals surface area contributed by atoms with Crippen LogP contribution in [0.4, 0.5) is 0 Å². The SMILES string of the molecule is C=C(C)CC(O)C1C=CC=C1c1ccccc1. The number of aliphatic hydroxyl groups is 1. The molecule has 0 heterocycles. The van der Waals surface area contributed by atoms with E-state index in [1.165, 1.54) is 11.1 Å². The minimum atomic E-state index is -0.377. The molecule has 1 N–H and O–H groups in total. The molecule has 1 nitrogen and oxygen atoms in total. The molecular weight excluding hydrogens is 208 g/mol. The van der Waals surface area contributed by atoms with Crippen molar-refractivity contribution in [1.29, 1.82) is 0 Å². The molecule has 1 heteroatoms. The lowest BCUT2D eigenvalue weighted by atomic mass is 9.88. The van der Waals surface area contributed by atoms with E-state index >= 15 is 0 Å². The molecule has 0 aromatic heterocycles. The van der Waals surface area contributed by atoms with Crippen LogP contribution in [0.25, 0.3) is 5.57 Å². The summed E-state index contributed by atoms with van der Waals surface area (Å²) in [6.45, 7) is 5.81. The average Bonchev–Trinajstić information content (AvgIpc) is 2.78. The Balaban J connectivity index is 2.17. The summed E-state index contributed by atoms with van der Waals surface area (Å²) < 4.78 is 0. The molecule has 2 unspecified atom stereocenters. The Kier molecular flexibility index (Phi) is 3.60. The average molecular weight is 226 g/mol. The van der Waals surface area contributed by atoms with Crippen LogP contribution >= 0.6 is 0 Å². The minimum Gasteiger partial charge on any atom is -0.392 e. The number of benzene rings is 1. The summed E-state index contributed by atoms with van der Waals surface area (Å²) in [7, 11) is 0. The number of aliphatic hydroxyl groups excluding tert-OH is 1. The molecule has 0 fully saturated rings. The van der Waals surface area contributed by atoms with Gasteiger partial charge >= 0.3 is 0 Å². The van der Waals surface area contributed by atoms with Crippen molar-refractivity contribution in [2.45, 2.75) is 19.4 Å². The van der Waals surface area contributed by atoms with Crippen LogP contribution in [-0.4, -0.2) is 11.2 Å². The Bertz CT molecular complexity index is 454. The fraction of sp³-hybridized carbons (Fsp3) is 0.250. The highest BCUT2D eigenvalue weighted by molar-refractivity contribution is 5.73. The second kappa shape index (κ2) is 5.15. The van der Waals surface area contributed by atoms with E-state index in [1.807, 2.05) is 31.2 Å². The second-order valence-corrected chi connectivity index (χ2v) is 4.63. The molecule has 88 valence electrons. The molecule has 2 rings (SSSR count). The normalized spacial score (nSPS) is 20.1. The van der Waals surface area contributed by atoms with Gasteiger partial charge in [0.1, 0.15) is 0 Å². The summed E-state index contributed by atoms with van der Waals surface area (Å²) >= 11 is 0. The van der Waals surface area contributed by atoms with Gasteiger partial charge in [-0.2, -0.15) is 0 Å². The van der Waals surface area contributed by atoms with Gasteiger partial charge in [-0.25, -0.2) is 0 Å². The van der Waals surface area contributed by atoms with E-state index in [4.69, 9.17) is 0 Å².